The molecule has 0 saturated carbocycles. The number of halogens is 1. The highest BCUT2D eigenvalue weighted by Crippen LogP contribution is 2.33. The van der Waals surface area contributed by atoms with Gasteiger partial charge < -0.3 is 14.6 Å². The van der Waals surface area contributed by atoms with Gasteiger partial charge in [0, 0.05) is 24.1 Å². The summed E-state index contributed by atoms with van der Waals surface area (Å²) in [6.45, 7) is 3.61. The SMILES string of the molecule is COc1cc(Cl)c(C)cc1NC(=O)C(C)Sc1nnc(C2CCS(=O)(=O)C2)n1C. The van der Waals surface area contributed by atoms with Gasteiger partial charge in [0.1, 0.15) is 11.6 Å². The summed E-state index contributed by atoms with van der Waals surface area (Å²) < 4.78 is 30.5. The highest BCUT2D eigenvalue weighted by Gasteiger charge is 2.33. The van der Waals surface area contributed by atoms with Gasteiger partial charge in [-0.15, -0.1) is 10.2 Å². The van der Waals surface area contributed by atoms with Crippen molar-refractivity contribution in [3.05, 3.63) is 28.5 Å². The lowest BCUT2D eigenvalue weighted by Gasteiger charge is -2.15. The number of aromatic nitrogens is 3. The predicted octanol–water partition coefficient (Wildman–Crippen LogP) is 2.81. The van der Waals surface area contributed by atoms with Gasteiger partial charge >= 0.3 is 0 Å². The zero-order valence-electron chi connectivity index (χ0n) is 16.6. The van der Waals surface area contributed by atoms with E-state index in [0.717, 1.165) is 5.56 Å². The Bertz CT molecular complexity index is 1040. The maximum atomic E-state index is 12.7. The normalized spacial score (nSPS) is 19.1. The average Bonchev–Trinajstić information content (AvgIpc) is 3.19. The molecule has 11 heteroatoms. The first-order valence-corrected chi connectivity index (χ1v) is 12.1. The summed E-state index contributed by atoms with van der Waals surface area (Å²) in [6.07, 6.45) is 0.546. The lowest BCUT2D eigenvalue weighted by Crippen LogP contribution is -2.23. The van der Waals surface area contributed by atoms with Gasteiger partial charge in [-0.25, -0.2) is 8.42 Å². The molecular formula is C18H23ClN4O4S2. The van der Waals surface area contributed by atoms with E-state index in [2.05, 4.69) is 15.5 Å². The molecule has 2 heterocycles. The van der Waals surface area contributed by atoms with Crippen molar-refractivity contribution in [2.24, 2.45) is 7.05 Å². The first-order valence-electron chi connectivity index (χ1n) is 9.02. The Balaban J connectivity index is 1.70. The minimum absolute atomic E-state index is 0.0927. The molecule has 0 spiro atoms. The summed E-state index contributed by atoms with van der Waals surface area (Å²) >= 11 is 7.37. The van der Waals surface area contributed by atoms with E-state index in [-0.39, 0.29) is 23.3 Å². The topological polar surface area (TPSA) is 103 Å². The van der Waals surface area contributed by atoms with Crippen molar-refractivity contribution in [2.75, 3.05) is 23.9 Å². The molecule has 1 aromatic heterocycles. The second-order valence-corrected chi connectivity index (χ2v) is 11.0. The lowest BCUT2D eigenvalue weighted by atomic mass is 10.1. The number of hydrogen-bond donors (Lipinski definition) is 1. The number of anilines is 1. The highest BCUT2D eigenvalue weighted by atomic mass is 35.5. The van der Waals surface area contributed by atoms with Crippen LogP contribution in [0.1, 0.15) is 30.7 Å². The largest absolute Gasteiger partial charge is 0.495 e. The van der Waals surface area contributed by atoms with Crippen LogP contribution in [0.4, 0.5) is 5.69 Å². The number of ether oxygens (including phenoxy) is 1. The summed E-state index contributed by atoms with van der Waals surface area (Å²) in [7, 11) is 0.295. The summed E-state index contributed by atoms with van der Waals surface area (Å²) in [5.74, 6) is 1.01. The number of hydrogen-bond acceptors (Lipinski definition) is 7. The van der Waals surface area contributed by atoms with Gasteiger partial charge in [0.15, 0.2) is 15.0 Å². The molecule has 158 valence electrons. The molecular weight excluding hydrogens is 436 g/mol. The number of thioether (sulfide) groups is 1. The maximum absolute atomic E-state index is 12.7. The van der Waals surface area contributed by atoms with E-state index >= 15 is 0 Å². The standard InChI is InChI=1S/C18H23ClN4O4S2/c1-10-7-14(15(27-4)8-13(10)19)20-17(24)11(2)28-18-22-21-16(23(18)3)12-5-6-29(25,26)9-12/h7-8,11-12H,5-6,9H2,1-4H3,(H,20,24). The van der Waals surface area contributed by atoms with Crippen LogP contribution in [0.2, 0.25) is 5.02 Å². The number of amides is 1. The summed E-state index contributed by atoms with van der Waals surface area (Å²) in [5.41, 5.74) is 1.37. The third kappa shape index (κ3) is 4.87. The first kappa shape index (κ1) is 21.9. The number of rotatable bonds is 6. The van der Waals surface area contributed by atoms with Crippen LogP contribution >= 0.6 is 23.4 Å². The van der Waals surface area contributed by atoms with Crippen molar-refractivity contribution >= 4 is 44.8 Å². The van der Waals surface area contributed by atoms with Crippen LogP contribution in [-0.4, -0.2) is 53.0 Å². The van der Waals surface area contributed by atoms with E-state index in [1.807, 2.05) is 6.92 Å². The maximum Gasteiger partial charge on any atom is 0.237 e. The van der Waals surface area contributed by atoms with Crippen molar-refractivity contribution < 1.29 is 17.9 Å². The van der Waals surface area contributed by atoms with E-state index in [1.54, 1.807) is 30.7 Å². The molecule has 0 bridgehead atoms. The Kier molecular flexibility index (Phi) is 6.45. The van der Waals surface area contributed by atoms with E-state index < -0.39 is 15.1 Å². The van der Waals surface area contributed by atoms with Crippen LogP contribution in [0.5, 0.6) is 5.75 Å². The van der Waals surface area contributed by atoms with Crippen LogP contribution in [0.25, 0.3) is 0 Å². The number of carbonyl (C=O) groups is 1. The molecule has 1 aromatic carbocycles. The smallest absolute Gasteiger partial charge is 0.237 e. The third-order valence-corrected chi connectivity index (χ3v) is 8.17. The molecule has 3 rings (SSSR count). The number of sulfone groups is 1. The van der Waals surface area contributed by atoms with Crippen molar-refractivity contribution in [3.8, 4) is 5.75 Å². The average molecular weight is 459 g/mol. The predicted molar refractivity (Wildman–Crippen MR) is 114 cm³/mol. The van der Waals surface area contributed by atoms with Crippen LogP contribution in [0.15, 0.2) is 17.3 Å². The molecule has 0 radical (unpaired) electrons. The van der Waals surface area contributed by atoms with Gasteiger partial charge in [-0.2, -0.15) is 0 Å². The Morgan fingerprint density at radius 1 is 1.41 bits per heavy atom. The summed E-state index contributed by atoms with van der Waals surface area (Å²) in [6, 6.07) is 3.42. The van der Waals surface area contributed by atoms with Crippen LogP contribution in [-0.2, 0) is 21.7 Å². The van der Waals surface area contributed by atoms with Crippen LogP contribution in [0, 0.1) is 6.92 Å². The van der Waals surface area contributed by atoms with Gasteiger partial charge in [0.2, 0.25) is 5.91 Å². The Morgan fingerprint density at radius 2 is 2.14 bits per heavy atom. The quantitative estimate of drug-likeness (QED) is 0.663. The number of benzene rings is 1. The molecule has 2 unspecified atom stereocenters. The second-order valence-electron chi connectivity index (χ2n) is 7.05. The zero-order chi connectivity index (χ0) is 21.3. The minimum Gasteiger partial charge on any atom is -0.495 e. The van der Waals surface area contributed by atoms with Crippen LogP contribution < -0.4 is 10.1 Å². The van der Waals surface area contributed by atoms with Gasteiger partial charge in [0.25, 0.3) is 0 Å². The van der Waals surface area contributed by atoms with E-state index in [1.165, 1.54) is 18.9 Å². The molecule has 29 heavy (non-hydrogen) atoms. The Labute approximate surface area is 179 Å². The van der Waals surface area contributed by atoms with Crippen LogP contribution in [0.3, 0.4) is 0 Å². The third-order valence-electron chi connectivity index (χ3n) is 4.86. The van der Waals surface area contributed by atoms with Gasteiger partial charge in [-0.05, 0) is 31.9 Å². The fourth-order valence-corrected chi connectivity index (χ4v) is 5.87. The number of carbonyl (C=O) groups excluding carboxylic acids is 1. The molecule has 1 amide bonds. The lowest BCUT2D eigenvalue weighted by molar-refractivity contribution is -0.115. The van der Waals surface area contributed by atoms with E-state index in [4.69, 9.17) is 16.3 Å². The fourth-order valence-electron chi connectivity index (χ4n) is 3.16. The number of nitrogens with zero attached hydrogens (tertiary/aromatic N) is 3. The number of aryl methyl sites for hydroxylation is 1. The minimum atomic E-state index is -3.01. The molecule has 2 atom stereocenters. The molecule has 8 nitrogen and oxygen atoms in total. The summed E-state index contributed by atoms with van der Waals surface area (Å²) in [4.78, 5) is 12.7. The Hall–Kier alpha value is -1.78. The van der Waals surface area contributed by atoms with Crippen molar-refractivity contribution in [1.82, 2.24) is 14.8 Å². The zero-order valence-corrected chi connectivity index (χ0v) is 19.0. The van der Waals surface area contributed by atoms with E-state index in [9.17, 15) is 13.2 Å². The molecule has 1 saturated heterocycles. The highest BCUT2D eigenvalue weighted by molar-refractivity contribution is 8.00. The molecule has 1 aliphatic heterocycles. The van der Waals surface area contributed by atoms with Gasteiger partial charge in [-0.1, -0.05) is 23.4 Å². The fraction of sp³-hybridized carbons (Fsp3) is 0.500. The van der Waals surface area contributed by atoms with E-state index in [0.29, 0.717) is 33.9 Å². The second kappa shape index (κ2) is 8.53. The molecule has 1 fully saturated rings. The molecule has 1 aliphatic rings. The molecule has 2 aromatic rings. The molecule has 1 N–H and O–H groups in total. The van der Waals surface area contributed by atoms with Crippen molar-refractivity contribution in [1.29, 1.82) is 0 Å². The van der Waals surface area contributed by atoms with Crippen molar-refractivity contribution in [2.45, 2.75) is 36.6 Å². The Morgan fingerprint density at radius 3 is 2.76 bits per heavy atom. The number of methoxy groups -OCH3 is 1. The first-order chi connectivity index (χ1) is 13.6. The number of nitrogens with one attached hydrogen (secondary N) is 1. The molecule has 0 aliphatic carbocycles. The monoisotopic (exact) mass is 458 g/mol. The van der Waals surface area contributed by atoms with Gasteiger partial charge in [-0.3, -0.25) is 4.79 Å². The van der Waals surface area contributed by atoms with Gasteiger partial charge in [0.05, 0.1) is 29.6 Å². The summed E-state index contributed by atoms with van der Waals surface area (Å²) in [5, 5.41) is 11.8. The van der Waals surface area contributed by atoms with Crippen molar-refractivity contribution in [3.63, 3.8) is 0 Å².